The maximum absolute atomic E-state index is 12.8. The molecular formula is C27H27ClO4S. The fourth-order valence-corrected chi connectivity index (χ4v) is 4.66. The van der Waals surface area contributed by atoms with Crippen LogP contribution < -0.4 is 4.74 Å². The number of hydrogen-bond donors (Lipinski definition) is 1. The molecule has 3 aromatic rings. The van der Waals surface area contributed by atoms with Crippen LogP contribution >= 0.6 is 23.4 Å². The molecule has 0 radical (unpaired) electrons. The van der Waals surface area contributed by atoms with Crippen LogP contribution in [-0.4, -0.2) is 29.2 Å². The van der Waals surface area contributed by atoms with Gasteiger partial charge >= 0.3 is 5.97 Å². The van der Waals surface area contributed by atoms with Crippen LogP contribution in [0.2, 0.25) is 5.02 Å². The zero-order valence-corrected chi connectivity index (χ0v) is 20.1. The van der Waals surface area contributed by atoms with Gasteiger partial charge in [0.15, 0.2) is 5.78 Å². The molecule has 0 aromatic heterocycles. The minimum atomic E-state index is -0.872. The second-order valence-electron chi connectivity index (χ2n) is 7.65. The number of rotatable bonds is 12. The van der Waals surface area contributed by atoms with E-state index in [0.29, 0.717) is 28.3 Å². The summed E-state index contributed by atoms with van der Waals surface area (Å²) in [6.07, 6.45) is 2.60. The van der Waals surface area contributed by atoms with Crippen LogP contribution in [0.3, 0.4) is 0 Å². The third-order valence-corrected chi connectivity index (χ3v) is 6.62. The predicted molar refractivity (Wildman–Crippen MR) is 134 cm³/mol. The molecular weight excluding hydrogens is 456 g/mol. The van der Waals surface area contributed by atoms with E-state index in [2.05, 4.69) is 6.92 Å². The van der Waals surface area contributed by atoms with E-state index in [9.17, 15) is 9.59 Å². The lowest BCUT2D eigenvalue weighted by Crippen LogP contribution is -2.05. The smallest absolute Gasteiger partial charge is 0.307 e. The first-order valence-electron chi connectivity index (χ1n) is 11.0. The number of thioether (sulfide) groups is 1. The molecule has 0 saturated heterocycles. The maximum atomic E-state index is 12.8. The number of ether oxygens (including phenoxy) is 1. The molecule has 4 nitrogen and oxygen atoms in total. The van der Waals surface area contributed by atoms with E-state index < -0.39 is 5.97 Å². The highest BCUT2D eigenvalue weighted by Crippen LogP contribution is 2.29. The van der Waals surface area contributed by atoms with Gasteiger partial charge in [-0.3, -0.25) is 9.59 Å². The van der Waals surface area contributed by atoms with Gasteiger partial charge in [-0.2, -0.15) is 0 Å². The highest BCUT2D eigenvalue weighted by Gasteiger charge is 2.12. The molecule has 0 fully saturated rings. The number of aliphatic carboxylic acids is 1. The lowest BCUT2D eigenvalue weighted by molar-refractivity contribution is -0.136. The Balaban J connectivity index is 1.54. The number of halogens is 1. The van der Waals surface area contributed by atoms with Gasteiger partial charge in [0.25, 0.3) is 0 Å². The van der Waals surface area contributed by atoms with E-state index in [0.717, 1.165) is 41.2 Å². The Morgan fingerprint density at radius 3 is 2.48 bits per heavy atom. The fourth-order valence-electron chi connectivity index (χ4n) is 3.45. The zero-order valence-electron chi connectivity index (χ0n) is 18.6. The number of carbonyl (C=O) groups is 2. The minimum absolute atomic E-state index is 0.0159. The molecule has 0 aliphatic rings. The molecule has 172 valence electrons. The summed E-state index contributed by atoms with van der Waals surface area (Å²) in [7, 11) is 0. The molecule has 0 aliphatic carbocycles. The Morgan fingerprint density at radius 2 is 1.79 bits per heavy atom. The van der Waals surface area contributed by atoms with Gasteiger partial charge in [-0.1, -0.05) is 61.3 Å². The van der Waals surface area contributed by atoms with Crippen molar-refractivity contribution in [2.75, 3.05) is 12.4 Å². The minimum Gasteiger partial charge on any atom is -0.493 e. The number of carbonyl (C=O) groups excluding carboxylic acids is 1. The number of benzene rings is 3. The zero-order chi connectivity index (χ0) is 23.6. The fraction of sp³-hybridized carbons (Fsp3) is 0.259. The standard InChI is InChI=1S/C27H27ClO4S/c1-2-7-21-18-22(27(31)20-8-4-3-5-9-20)11-12-24(21)32-14-6-15-33-25-13-10-19(16-23(25)28)17-26(29)30/h3-5,8-13,16,18H,2,6-7,14-15,17H2,1H3,(H,29,30). The van der Waals surface area contributed by atoms with Crippen molar-refractivity contribution in [1.82, 2.24) is 0 Å². The van der Waals surface area contributed by atoms with Crippen molar-refractivity contribution < 1.29 is 19.4 Å². The first-order chi connectivity index (χ1) is 16.0. The van der Waals surface area contributed by atoms with Crippen molar-refractivity contribution in [3.05, 3.63) is 94.0 Å². The highest BCUT2D eigenvalue weighted by molar-refractivity contribution is 7.99. The summed E-state index contributed by atoms with van der Waals surface area (Å²) in [5.74, 6) is 0.791. The summed E-state index contributed by atoms with van der Waals surface area (Å²) in [5, 5.41) is 9.46. The molecule has 3 rings (SSSR count). The van der Waals surface area contributed by atoms with Gasteiger partial charge < -0.3 is 9.84 Å². The number of carboxylic acids is 1. The van der Waals surface area contributed by atoms with Gasteiger partial charge in [-0.25, -0.2) is 0 Å². The molecule has 0 aliphatic heterocycles. The summed E-state index contributed by atoms with van der Waals surface area (Å²) in [6.45, 7) is 2.67. The van der Waals surface area contributed by atoms with Crippen molar-refractivity contribution in [2.45, 2.75) is 37.5 Å². The van der Waals surface area contributed by atoms with Crippen LogP contribution in [0.25, 0.3) is 0 Å². The van der Waals surface area contributed by atoms with E-state index in [1.807, 2.05) is 54.6 Å². The van der Waals surface area contributed by atoms with Crippen molar-refractivity contribution in [3.63, 3.8) is 0 Å². The van der Waals surface area contributed by atoms with Crippen LogP contribution in [0.4, 0.5) is 0 Å². The molecule has 0 bridgehead atoms. The molecule has 0 unspecified atom stereocenters. The van der Waals surface area contributed by atoms with Gasteiger partial charge in [0.2, 0.25) is 0 Å². The first kappa shape index (κ1) is 24.9. The van der Waals surface area contributed by atoms with Gasteiger partial charge in [-0.05, 0) is 54.3 Å². The molecule has 0 spiro atoms. The Kier molecular flexibility index (Phi) is 9.40. The van der Waals surface area contributed by atoms with Crippen LogP contribution in [0.1, 0.15) is 46.8 Å². The Morgan fingerprint density at radius 1 is 1.00 bits per heavy atom. The Bertz CT molecular complexity index is 1100. The van der Waals surface area contributed by atoms with E-state index in [1.54, 1.807) is 23.9 Å². The summed E-state index contributed by atoms with van der Waals surface area (Å²) >= 11 is 7.91. The largest absolute Gasteiger partial charge is 0.493 e. The average molecular weight is 483 g/mol. The third-order valence-electron chi connectivity index (χ3n) is 5.03. The second kappa shape index (κ2) is 12.5. The van der Waals surface area contributed by atoms with E-state index in [1.165, 1.54) is 0 Å². The van der Waals surface area contributed by atoms with Crippen LogP contribution in [-0.2, 0) is 17.6 Å². The molecule has 6 heteroatoms. The van der Waals surface area contributed by atoms with Gasteiger partial charge in [0, 0.05) is 21.8 Å². The summed E-state index contributed by atoms with van der Waals surface area (Å²) in [5.41, 5.74) is 3.09. The lowest BCUT2D eigenvalue weighted by Gasteiger charge is -2.13. The average Bonchev–Trinajstić information content (AvgIpc) is 2.81. The van der Waals surface area contributed by atoms with E-state index in [-0.39, 0.29) is 12.2 Å². The highest BCUT2D eigenvalue weighted by atomic mass is 35.5. The van der Waals surface area contributed by atoms with Crippen LogP contribution in [0.5, 0.6) is 5.75 Å². The summed E-state index contributed by atoms with van der Waals surface area (Å²) in [4.78, 5) is 24.5. The Hall–Kier alpha value is -2.76. The van der Waals surface area contributed by atoms with Crippen molar-refractivity contribution in [3.8, 4) is 5.75 Å². The van der Waals surface area contributed by atoms with Crippen LogP contribution in [0.15, 0.2) is 71.6 Å². The molecule has 0 amide bonds. The summed E-state index contributed by atoms with van der Waals surface area (Å²) < 4.78 is 6.04. The van der Waals surface area contributed by atoms with E-state index >= 15 is 0 Å². The lowest BCUT2D eigenvalue weighted by atomic mass is 9.99. The quantitative estimate of drug-likeness (QED) is 0.176. The van der Waals surface area contributed by atoms with E-state index in [4.69, 9.17) is 21.4 Å². The van der Waals surface area contributed by atoms with Gasteiger partial charge in [0.05, 0.1) is 18.1 Å². The van der Waals surface area contributed by atoms with Crippen molar-refractivity contribution in [2.24, 2.45) is 0 Å². The molecule has 0 heterocycles. The summed E-state index contributed by atoms with van der Waals surface area (Å²) in [6, 6.07) is 20.3. The second-order valence-corrected chi connectivity index (χ2v) is 9.20. The molecule has 33 heavy (non-hydrogen) atoms. The van der Waals surface area contributed by atoms with Gasteiger partial charge in [0.1, 0.15) is 5.75 Å². The monoisotopic (exact) mass is 482 g/mol. The molecule has 0 atom stereocenters. The third kappa shape index (κ3) is 7.37. The number of carboxylic acid groups (broad SMARTS) is 1. The topological polar surface area (TPSA) is 63.6 Å². The molecule has 0 saturated carbocycles. The number of hydrogen-bond acceptors (Lipinski definition) is 4. The molecule has 3 aromatic carbocycles. The molecule has 1 N–H and O–H groups in total. The predicted octanol–water partition coefficient (Wildman–Crippen LogP) is 6.71. The van der Waals surface area contributed by atoms with Gasteiger partial charge in [-0.15, -0.1) is 11.8 Å². The van der Waals surface area contributed by atoms with Crippen molar-refractivity contribution >= 4 is 35.1 Å². The number of aryl methyl sites for hydroxylation is 1. The normalized spacial score (nSPS) is 10.7. The first-order valence-corrected chi connectivity index (χ1v) is 12.3. The van der Waals surface area contributed by atoms with Crippen molar-refractivity contribution in [1.29, 1.82) is 0 Å². The SMILES string of the molecule is CCCc1cc(C(=O)c2ccccc2)ccc1OCCCSc1ccc(CC(=O)O)cc1Cl. The Labute approximate surface area is 203 Å². The maximum Gasteiger partial charge on any atom is 0.307 e. The van der Waals surface area contributed by atoms with Crippen LogP contribution in [0, 0.1) is 0 Å². The number of ketones is 1.